The van der Waals surface area contributed by atoms with E-state index in [-0.39, 0.29) is 0 Å². The fourth-order valence-corrected chi connectivity index (χ4v) is 4.71. The van der Waals surface area contributed by atoms with Crippen LogP contribution in [0.1, 0.15) is 43.4 Å². The summed E-state index contributed by atoms with van der Waals surface area (Å²) in [5, 5.41) is 3.17. The van der Waals surface area contributed by atoms with Gasteiger partial charge in [-0.25, -0.2) is 9.59 Å². The van der Waals surface area contributed by atoms with Crippen molar-refractivity contribution >= 4 is 11.9 Å². The van der Waals surface area contributed by atoms with Crippen molar-refractivity contribution in [3.05, 3.63) is 87.8 Å². The van der Waals surface area contributed by atoms with Crippen molar-refractivity contribution in [2.45, 2.75) is 46.0 Å². The van der Waals surface area contributed by atoms with E-state index in [0.717, 1.165) is 5.56 Å². The Bertz CT molecular complexity index is 1160. The van der Waals surface area contributed by atoms with Gasteiger partial charge >= 0.3 is 11.9 Å². The summed E-state index contributed by atoms with van der Waals surface area (Å²) in [7, 11) is 2.91. The van der Waals surface area contributed by atoms with E-state index in [1.165, 1.54) is 18.2 Å². The van der Waals surface area contributed by atoms with Gasteiger partial charge in [-0.05, 0) is 49.6 Å². The van der Waals surface area contributed by atoms with Crippen molar-refractivity contribution < 1.29 is 23.8 Å². The molecular weight excluding hydrogens is 432 g/mol. The molecule has 2 atom stereocenters. The molecule has 0 saturated carbocycles. The summed E-state index contributed by atoms with van der Waals surface area (Å²) < 4.78 is 16.4. The van der Waals surface area contributed by atoms with Gasteiger partial charge in [-0.3, -0.25) is 4.90 Å². The highest BCUT2D eigenvalue weighted by Gasteiger charge is 2.39. The number of allylic oxidation sites excluding steroid dienone is 2. The highest BCUT2D eigenvalue weighted by Crippen LogP contribution is 2.40. The molecule has 178 valence electrons. The van der Waals surface area contributed by atoms with Gasteiger partial charge < -0.3 is 19.5 Å². The van der Waals surface area contributed by atoms with Gasteiger partial charge in [-0.15, -0.1) is 0 Å². The second-order valence-electron chi connectivity index (χ2n) is 8.58. The van der Waals surface area contributed by atoms with Gasteiger partial charge in [0, 0.05) is 24.5 Å². The van der Waals surface area contributed by atoms with Crippen LogP contribution in [0, 0.1) is 0 Å². The van der Waals surface area contributed by atoms with Gasteiger partial charge in [0.25, 0.3) is 0 Å². The maximum Gasteiger partial charge on any atom is 0.338 e. The van der Waals surface area contributed by atoms with Crippen molar-refractivity contribution in [3.8, 4) is 5.75 Å². The molecule has 0 aromatic heterocycles. The van der Waals surface area contributed by atoms with Gasteiger partial charge in [-0.1, -0.05) is 36.4 Å². The summed E-state index contributed by atoms with van der Waals surface area (Å²) in [5.41, 5.74) is 5.24. The van der Waals surface area contributed by atoms with Crippen LogP contribution in [0.25, 0.3) is 0 Å². The van der Waals surface area contributed by atoms with E-state index in [2.05, 4.69) is 22.3 Å². The van der Waals surface area contributed by atoms with Gasteiger partial charge in [0.2, 0.25) is 0 Å². The first kappa shape index (κ1) is 23.6. The van der Waals surface area contributed by atoms with Crippen LogP contribution >= 0.6 is 0 Å². The van der Waals surface area contributed by atoms with E-state index < -0.39 is 24.1 Å². The van der Waals surface area contributed by atoms with E-state index in [9.17, 15) is 9.59 Å². The molecule has 1 N–H and O–H groups in total. The van der Waals surface area contributed by atoms with Crippen LogP contribution in [0.5, 0.6) is 5.75 Å². The zero-order valence-corrected chi connectivity index (χ0v) is 20.2. The zero-order chi connectivity index (χ0) is 24.4. The number of benzene rings is 2. The third kappa shape index (κ3) is 4.43. The largest absolute Gasteiger partial charge is 0.497 e. The number of esters is 2. The predicted molar refractivity (Wildman–Crippen MR) is 128 cm³/mol. The second-order valence-corrected chi connectivity index (χ2v) is 8.58. The van der Waals surface area contributed by atoms with E-state index in [1.807, 2.05) is 50.2 Å². The van der Waals surface area contributed by atoms with Gasteiger partial charge in [0.1, 0.15) is 5.75 Å². The molecule has 0 aliphatic carbocycles. The Hall–Kier alpha value is -3.58. The molecule has 4 rings (SSSR count). The van der Waals surface area contributed by atoms with Crippen LogP contribution in [0.15, 0.2) is 71.1 Å². The Morgan fingerprint density at radius 3 is 2.15 bits per heavy atom. The molecule has 2 aliphatic heterocycles. The average molecular weight is 463 g/mol. The summed E-state index contributed by atoms with van der Waals surface area (Å²) in [5.74, 6) is -1.00. The Balaban J connectivity index is 1.65. The first-order valence-electron chi connectivity index (χ1n) is 11.3. The summed E-state index contributed by atoms with van der Waals surface area (Å²) in [6.07, 6.45) is -0.445. The molecule has 0 amide bonds. The van der Waals surface area contributed by atoms with Crippen molar-refractivity contribution in [1.82, 2.24) is 10.2 Å². The van der Waals surface area contributed by atoms with Crippen LogP contribution in [0.2, 0.25) is 0 Å². The highest BCUT2D eigenvalue weighted by atomic mass is 16.6. The lowest BCUT2D eigenvalue weighted by atomic mass is 9.80. The van der Waals surface area contributed by atoms with Crippen LogP contribution in [-0.4, -0.2) is 37.3 Å². The van der Waals surface area contributed by atoms with Crippen LogP contribution < -0.4 is 10.1 Å². The van der Waals surface area contributed by atoms with Crippen LogP contribution in [0.4, 0.5) is 0 Å². The fourth-order valence-electron chi connectivity index (χ4n) is 4.71. The Morgan fingerprint density at radius 1 is 0.941 bits per heavy atom. The molecular formula is C27H30N2O5. The lowest BCUT2D eigenvalue weighted by Gasteiger charge is -2.32. The number of hydrogen-bond acceptors (Lipinski definition) is 7. The summed E-state index contributed by atoms with van der Waals surface area (Å²) in [4.78, 5) is 28.5. The zero-order valence-electron chi connectivity index (χ0n) is 20.2. The first-order chi connectivity index (χ1) is 16.3. The molecule has 0 bridgehead atoms. The van der Waals surface area contributed by atoms with Crippen molar-refractivity contribution in [3.63, 3.8) is 0 Å². The Kier molecular flexibility index (Phi) is 6.75. The van der Waals surface area contributed by atoms with Gasteiger partial charge in [-0.2, -0.15) is 0 Å². The molecule has 2 aromatic rings. The number of carbonyl (C=O) groups excluding carboxylic acids is 2. The lowest BCUT2D eigenvalue weighted by molar-refractivity contribution is -0.153. The minimum absolute atomic E-state index is 0.370. The molecule has 2 aliphatic rings. The number of rotatable bonds is 6. The molecule has 34 heavy (non-hydrogen) atoms. The van der Waals surface area contributed by atoms with E-state index in [4.69, 9.17) is 14.2 Å². The quantitative estimate of drug-likeness (QED) is 0.650. The number of nitrogens with zero attached hydrogens (tertiary/aromatic N) is 1. The second kappa shape index (κ2) is 9.73. The molecule has 7 nitrogen and oxygen atoms in total. The Labute approximate surface area is 200 Å². The number of carbonyl (C=O) groups is 2. The van der Waals surface area contributed by atoms with Gasteiger partial charge in [0.05, 0.1) is 31.3 Å². The molecule has 0 radical (unpaired) electrons. The smallest absolute Gasteiger partial charge is 0.338 e. The van der Waals surface area contributed by atoms with Crippen LogP contribution in [-0.2, 0) is 32.2 Å². The number of nitrogens with one attached hydrogen (secondary N) is 1. The van der Waals surface area contributed by atoms with E-state index in [1.54, 1.807) is 14.0 Å². The molecule has 2 unspecified atom stereocenters. The topological polar surface area (TPSA) is 77.1 Å². The molecule has 7 heteroatoms. The Morgan fingerprint density at radius 2 is 1.56 bits per heavy atom. The molecule has 2 heterocycles. The highest BCUT2D eigenvalue weighted by molar-refractivity contribution is 5.99. The lowest BCUT2D eigenvalue weighted by Crippen LogP contribution is -2.36. The maximum atomic E-state index is 13.6. The SMILES string of the molecule is COC(=O)C1=C(C)NC(C)=C(C(=O)OC(C)N2Cc3ccccc3C2)C1c1cccc(OC)c1. The molecule has 2 aromatic carbocycles. The number of ether oxygens (including phenoxy) is 3. The van der Waals surface area contributed by atoms with Gasteiger partial charge in [0.15, 0.2) is 6.23 Å². The monoisotopic (exact) mass is 462 g/mol. The molecule has 0 fully saturated rings. The maximum absolute atomic E-state index is 13.6. The number of methoxy groups -OCH3 is 2. The van der Waals surface area contributed by atoms with E-state index in [0.29, 0.717) is 41.4 Å². The summed E-state index contributed by atoms with van der Waals surface area (Å²) in [6, 6.07) is 15.6. The molecule has 0 saturated heterocycles. The molecule has 0 spiro atoms. The van der Waals surface area contributed by atoms with Crippen LogP contribution in [0.3, 0.4) is 0 Å². The third-order valence-electron chi connectivity index (χ3n) is 6.47. The third-order valence-corrected chi connectivity index (χ3v) is 6.47. The van der Waals surface area contributed by atoms with Crippen molar-refractivity contribution in [1.29, 1.82) is 0 Å². The van der Waals surface area contributed by atoms with E-state index >= 15 is 0 Å². The fraction of sp³-hybridized carbons (Fsp3) is 0.333. The minimum Gasteiger partial charge on any atom is -0.497 e. The normalized spacial score (nSPS) is 18.8. The summed E-state index contributed by atoms with van der Waals surface area (Å²) >= 11 is 0. The van der Waals surface area contributed by atoms with Crippen molar-refractivity contribution in [2.75, 3.05) is 14.2 Å². The first-order valence-corrected chi connectivity index (χ1v) is 11.3. The predicted octanol–water partition coefficient (Wildman–Crippen LogP) is 4.01. The standard InChI is InChI=1S/C27H30N2O5/c1-16-23(26(30)33-5)25(19-11-8-12-22(13-19)32-4)24(17(2)28-16)27(31)34-18(3)29-14-20-9-6-7-10-21(20)15-29/h6-13,18,25,28H,14-15H2,1-5H3. The number of dihydropyridines is 1. The summed E-state index contributed by atoms with van der Waals surface area (Å²) in [6.45, 7) is 6.92. The van der Waals surface area contributed by atoms with Crippen molar-refractivity contribution in [2.24, 2.45) is 0 Å². The average Bonchev–Trinajstić information content (AvgIpc) is 3.27. The number of hydrogen-bond donors (Lipinski definition) is 1. The minimum atomic E-state index is -0.653. The number of fused-ring (bicyclic) bond motifs is 1.